The van der Waals surface area contributed by atoms with Gasteiger partial charge in [-0.2, -0.15) is 0 Å². The van der Waals surface area contributed by atoms with Gasteiger partial charge in [0.25, 0.3) is 0 Å². The van der Waals surface area contributed by atoms with Crippen molar-refractivity contribution in [1.82, 2.24) is 0 Å². The van der Waals surface area contributed by atoms with Crippen LogP contribution >= 0.6 is 34.2 Å². The Morgan fingerprint density at radius 1 is 0.667 bits per heavy atom. The van der Waals surface area contributed by atoms with Gasteiger partial charge < -0.3 is 0 Å². The van der Waals surface area contributed by atoms with E-state index in [1.807, 2.05) is 0 Å². The maximum atomic E-state index is 6.14. The molecule has 0 saturated carbocycles. The van der Waals surface area contributed by atoms with Gasteiger partial charge in [0.15, 0.2) is 0 Å². The van der Waals surface area contributed by atoms with E-state index >= 15 is 0 Å². The van der Waals surface area contributed by atoms with Crippen LogP contribution in [0.5, 0.6) is 0 Å². The molecule has 2 radical (unpaired) electrons. The molecule has 11 heteroatoms. The second-order valence-electron chi connectivity index (χ2n) is 5.91. The molecule has 0 aliphatic heterocycles. The molecule has 0 fully saturated rings. The number of unbranched alkanes of at least 4 members (excludes halogenated alkanes) is 4. The Balaban J connectivity index is 4.65. The molecule has 2 atom stereocenters. The predicted octanol–water partition coefficient (Wildman–Crippen LogP) is 7.70. The Hall–Kier alpha value is 2.76. The summed E-state index contributed by atoms with van der Waals surface area (Å²) >= 11 is 13.0. The Morgan fingerprint density at radius 2 is 1.04 bits per heavy atom. The summed E-state index contributed by atoms with van der Waals surface area (Å²) in [6.07, 6.45) is 8.75. The second-order valence-corrected chi connectivity index (χ2v) is 23.5. The average molecular weight is 690 g/mol. The zero-order valence-electron chi connectivity index (χ0n) is 17.1. The van der Waals surface area contributed by atoms with Crippen LogP contribution in [-0.4, -0.2) is 49.9 Å². The molecule has 162 valence electrons. The summed E-state index contributed by atoms with van der Waals surface area (Å²) in [7, 11) is 0. The zero-order chi connectivity index (χ0) is 20.4. The van der Waals surface area contributed by atoms with Crippen molar-refractivity contribution in [2.75, 3.05) is 24.7 Å². The quantitative estimate of drug-likeness (QED) is 0.0732. The molecule has 0 amide bonds. The van der Waals surface area contributed by atoms with Gasteiger partial charge in [0.1, 0.15) is 0 Å². The molecular formula is C16H36O4P2PbS4. The first-order valence-electron chi connectivity index (χ1n) is 9.85. The van der Waals surface area contributed by atoms with Crippen molar-refractivity contribution in [3.63, 3.8) is 0 Å². The van der Waals surface area contributed by atoms with E-state index < -0.39 is 36.5 Å². The summed E-state index contributed by atoms with van der Waals surface area (Å²) in [6, 6.07) is 0. The molecule has 0 saturated heterocycles. The van der Waals surface area contributed by atoms with Crippen LogP contribution in [0.1, 0.15) is 79.1 Å². The molecule has 2 unspecified atom stereocenters. The molecule has 27 heavy (non-hydrogen) atoms. The summed E-state index contributed by atoms with van der Waals surface area (Å²) in [5, 5.41) is 0. The van der Waals surface area contributed by atoms with Crippen LogP contribution in [0.25, 0.3) is 0 Å². The van der Waals surface area contributed by atoms with E-state index in [9.17, 15) is 0 Å². The molecule has 0 heterocycles. The van der Waals surface area contributed by atoms with Crippen molar-refractivity contribution in [2.24, 2.45) is 0 Å². The Kier molecular flexibility index (Phi) is 21.4. The normalized spacial score (nSPS) is 16.1. The van der Waals surface area contributed by atoms with Crippen LogP contribution in [-0.2, 0) is 37.6 Å². The molecule has 0 aromatic carbocycles. The van der Waals surface area contributed by atoms with Gasteiger partial charge in [0.2, 0.25) is 0 Å². The minimum absolute atomic E-state index is 0.669. The van der Waals surface area contributed by atoms with E-state index in [1.54, 1.807) is 22.8 Å². The summed E-state index contributed by atoms with van der Waals surface area (Å²) in [5.41, 5.74) is -4.62. The van der Waals surface area contributed by atoms with E-state index in [0.29, 0.717) is 13.2 Å². The third kappa shape index (κ3) is 17.0. The topological polar surface area (TPSA) is 36.9 Å². The summed E-state index contributed by atoms with van der Waals surface area (Å²) in [6.45, 7) is 10.0. The van der Waals surface area contributed by atoms with Crippen LogP contribution in [0.2, 0.25) is 0 Å². The van der Waals surface area contributed by atoms with Gasteiger partial charge in [-0.25, -0.2) is 0 Å². The second kappa shape index (κ2) is 19.4. The fraction of sp³-hybridized carbons (Fsp3) is 1.00. The van der Waals surface area contributed by atoms with E-state index in [0.717, 1.165) is 62.9 Å². The monoisotopic (exact) mass is 690 g/mol. The Morgan fingerprint density at radius 3 is 1.37 bits per heavy atom. The van der Waals surface area contributed by atoms with Gasteiger partial charge in [0.05, 0.1) is 0 Å². The third-order valence-corrected chi connectivity index (χ3v) is 27.4. The van der Waals surface area contributed by atoms with Gasteiger partial charge in [-0.1, -0.05) is 0 Å². The first kappa shape index (κ1) is 29.8. The Labute approximate surface area is 199 Å². The van der Waals surface area contributed by atoms with Crippen LogP contribution < -0.4 is 0 Å². The van der Waals surface area contributed by atoms with Crippen LogP contribution in [0.15, 0.2) is 0 Å². The molecule has 0 bridgehead atoms. The van der Waals surface area contributed by atoms with E-state index in [-0.39, 0.29) is 0 Å². The van der Waals surface area contributed by atoms with Crippen molar-refractivity contribution in [3.05, 3.63) is 0 Å². The summed E-state index contributed by atoms with van der Waals surface area (Å²) in [4.78, 5) is 0. The van der Waals surface area contributed by atoms with Gasteiger partial charge >= 0.3 is 201 Å². The molecule has 0 aliphatic rings. The zero-order valence-corrected chi connectivity index (χ0v) is 26.1. The molecule has 0 rings (SSSR count). The van der Waals surface area contributed by atoms with E-state index in [4.69, 9.17) is 37.6 Å². The number of hydrogen-bond acceptors (Lipinski definition) is 8. The van der Waals surface area contributed by atoms with Gasteiger partial charge in [-0.3, -0.25) is 0 Å². The van der Waals surface area contributed by atoms with Crippen molar-refractivity contribution in [2.45, 2.75) is 79.1 Å². The van der Waals surface area contributed by atoms with Gasteiger partial charge in [0, 0.05) is 0 Å². The minimum atomic E-state index is -2.31. The number of rotatable bonds is 20. The van der Waals surface area contributed by atoms with Crippen LogP contribution in [0.3, 0.4) is 0 Å². The SMILES string of the molecule is CCCCOP(=S)([O][Pb][O]P(=S)(OCCCC)SCCCC)SCCCC. The summed E-state index contributed by atoms with van der Waals surface area (Å²) in [5.74, 6) is 1.96. The van der Waals surface area contributed by atoms with Crippen molar-refractivity contribution in [3.8, 4) is 0 Å². The molecular weight excluding hydrogens is 654 g/mol. The predicted molar refractivity (Wildman–Crippen MR) is 133 cm³/mol. The first-order chi connectivity index (χ1) is 12.9. The van der Waals surface area contributed by atoms with E-state index in [2.05, 4.69) is 27.7 Å². The standard InChI is InChI=1S/2C8H19O2PS2.Pb/c2*1-3-5-7-10-11(9,12)13-8-6-4-2;/h2*3-8H2,1-2H3,(H,9,12);/q;;+2/p-2. The average Bonchev–Trinajstić information content (AvgIpc) is 2.63. The van der Waals surface area contributed by atoms with Crippen molar-refractivity contribution >= 4 is 82.9 Å². The third-order valence-electron chi connectivity index (χ3n) is 3.29. The van der Waals surface area contributed by atoms with Gasteiger partial charge in [-0.05, 0) is 0 Å². The maximum absolute atomic E-state index is 6.14. The molecule has 0 spiro atoms. The van der Waals surface area contributed by atoms with E-state index in [1.165, 1.54) is 0 Å². The molecule has 0 aromatic heterocycles. The van der Waals surface area contributed by atoms with Crippen molar-refractivity contribution in [1.29, 1.82) is 0 Å². The molecule has 4 nitrogen and oxygen atoms in total. The fourth-order valence-corrected chi connectivity index (χ4v) is 20.8. The number of hydrogen-bond donors (Lipinski definition) is 0. The molecule has 0 aromatic rings. The van der Waals surface area contributed by atoms with Crippen molar-refractivity contribution < 1.29 is 14.0 Å². The first-order valence-corrected chi connectivity index (χ1v) is 21.5. The molecule has 0 N–H and O–H groups in total. The Bertz CT molecular complexity index is 381. The fourth-order valence-electron chi connectivity index (χ4n) is 1.57. The van der Waals surface area contributed by atoms with Gasteiger partial charge in [-0.15, -0.1) is 0 Å². The van der Waals surface area contributed by atoms with Crippen LogP contribution in [0, 0.1) is 0 Å². The molecule has 0 aliphatic carbocycles. The summed E-state index contributed by atoms with van der Waals surface area (Å²) < 4.78 is 24.3. The van der Waals surface area contributed by atoms with Crippen LogP contribution in [0.4, 0.5) is 0 Å².